The molecule has 1 heterocycles. The molecule has 0 aromatic heterocycles. The van der Waals surface area contributed by atoms with E-state index in [1.165, 1.54) is 37.1 Å². The lowest BCUT2D eigenvalue weighted by Crippen LogP contribution is -2.25. The van der Waals surface area contributed by atoms with Gasteiger partial charge in [-0.2, -0.15) is 8.42 Å². The summed E-state index contributed by atoms with van der Waals surface area (Å²) in [6.45, 7) is 3.99. The number of ether oxygens (including phenoxy) is 1. The Morgan fingerprint density at radius 3 is 2.31 bits per heavy atom. The summed E-state index contributed by atoms with van der Waals surface area (Å²) in [6, 6.07) is 24.2. The maximum Gasteiger partial charge on any atom is 0.446 e. The molecule has 2 aliphatic rings. The zero-order valence-corrected chi connectivity index (χ0v) is 20.5. The fourth-order valence-electron chi connectivity index (χ4n) is 5.51. The molecule has 7 heteroatoms. The highest BCUT2D eigenvalue weighted by Crippen LogP contribution is 2.47. The van der Waals surface area contributed by atoms with E-state index in [0.29, 0.717) is 12.5 Å². The molecule has 2 atom stereocenters. The Labute approximate surface area is 207 Å². The highest BCUT2D eigenvalue weighted by Gasteiger charge is 2.32. The van der Waals surface area contributed by atoms with Gasteiger partial charge in [-0.05, 0) is 91.2 Å². The Kier molecular flexibility index (Phi) is 7.09. The van der Waals surface area contributed by atoms with E-state index in [2.05, 4.69) is 41.3 Å². The van der Waals surface area contributed by atoms with Gasteiger partial charge in [0.1, 0.15) is 18.1 Å². The first-order valence-electron chi connectivity index (χ1n) is 12.3. The van der Waals surface area contributed by atoms with Crippen molar-refractivity contribution in [3.8, 4) is 11.5 Å². The van der Waals surface area contributed by atoms with Crippen LogP contribution in [0, 0.1) is 0 Å². The van der Waals surface area contributed by atoms with Crippen LogP contribution in [0.2, 0.25) is 0 Å². The second-order valence-corrected chi connectivity index (χ2v) is 10.4. The second kappa shape index (κ2) is 10.4. The summed E-state index contributed by atoms with van der Waals surface area (Å²) in [6.07, 6.45) is 4.28. The van der Waals surface area contributed by atoms with Gasteiger partial charge in [0.15, 0.2) is 0 Å². The van der Waals surface area contributed by atoms with E-state index in [9.17, 15) is 8.42 Å². The van der Waals surface area contributed by atoms with Crippen LogP contribution in [-0.2, 0) is 16.8 Å². The van der Waals surface area contributed by atoms with Gasteiger partial charge in [0.05, 0.1) is 0 Å². The molecule has 0 unspecified atom stereocenters. The van der Waals surface area contributed by atoms with Crippen molar-refractivity contribution in [1.29, 1.82) is 0 Å². The molecule has 1 fully saturated rings. The van der Waals surface area contributed by atoms with E-state index in [0.717, 1.165) is 36.3 Å². The number of aryl methyl sites for hydroxylation is 1. The lowest BCUT2D eigenvalue weighted by atomic mass is 9.69. The van der Waals surface area contributed by atoms with Gasteiger partial charge >= 0.3 is 10.4 Å². The number of benzene rings is 3. The number of nitrogens with zero attached hydrogens (tertiary/aromatic N) is 1. The van der Waals surface area contributed by atoms with E-state index in [4.69, 9.17) is 13.5 Å². The number of likely N-dealkylation sites (tertiary alicyclic amines) is 1. The topological polar surface area (TPSA) is 76.1 Å². The highest BCUT2D eigenvalue weighted by molar-refractivity contribution is 7.81. The molecule has 0 bridgehead atoms. The van der Waals surface area contributed by atoms with E-state index in [1.54, 1.807) is 12.1 Å². The van der Waals surface area contributed by atoms with Gasteiger partial charge in [0.25, 0.3) is 0 Å². The molecule has 5 rings (SSSR count). The van der Waals surface area contributed by atoms with Crippen molar-refractivity contribution in [3.63, 3.8) is 0 Å². The van der Waals surface area contributed by atoms with Crippen LogP contribution < -0.4 is 8.92 Å². The minimum absolute atomic E-state index is 0.111. The molecule has 1 N–H and O–H groups in total. The number of rotatable bonds is 8. The quantitative estimate of drug-likeness (QED) is 0.435. The summed E-state index contributed by atoms with van der Waals surface area (Å²) >= 11 is 0. The van der Waals surface area contributed by atoms with E-state index in [-0.39, 0.29) is 11.7 Å². The molecule has 1 saturated heterocycles. The molecule has 0 spiro atoms. The van der Waals surface area contributed by atoms with Crippen LogP contribution in [0.25, 0.3) is 0 Å². The summed E-state index contributed by atoms with van der Waals surface area (Å²) in [5.74, 6) is 1.40. The molecular formula is C28H31NO5S. The SMILES string of the molecule is O=S(=O)(O)Oc1ccc2c(c1)CC[C@@H](c1ccccc1)[C@@H]2c1ccc(OCCN2CCCC2)cc1. The van der Waals surface area contributed by atoms with Crippen molar-refractivity contribution in [1.82, 2.24) is 4.90 Å². The molecule has 0 amide bonds. The first-order chi connectivity index (χ1) is 17.0. The average molecular weight is 494 g/mol. The van der Waals surface area contributed by atoms with Crippen LogP contribution in [0.1, 0.15) is 53.4 Å². The van der Waals surface area contributed by atoms with Crippen LogP contribution in [0.4, 0.5) is 0 Å². The summed E-state index contributed by atoms with van der Waals surface area (Å²) in [4.78, 5) is 2.44. The zero-order chi connectivity index (χ0) is 24.3. The Morgan fingerprint density at radius 1 is 0.886 bits per heavy atom. The average Bonchev–Trinajstić information content (AvgIpc) is 3.37. The maximum absolute atomic E-state index is 11.2. The summed E-state index contributed by atoms with van der Waals surface area (Å²) in [7, 11) is -4.56. The lowest BCUT2D eigenvalue weighted by molar-refractivity contribution is 0.237. The van der Waals surface area contributed by atoms with Gasteiger partial charge in [0, 0.05) is 12.5 Å². The molecule has 35 heavy (non-hydrogen) atoms. The Hall–Kier alpha value is -2.87. The zero-order valence-electron chi connectivity index (χ0n) is 19.7. The van der Waals surface area contributed by atoms with Crippen molar-refractivity contribution < 1.29 is 21.9 Å². The molecule has 3 aromatic carbocycles. The third-order valence-electron chi connectivity index (χ3n) is 7.12. The molecule has 0 radical (unpaired) electrons. The molecule has 1 aliphatic carbocycles. The van der Waals surface area contributed by atoms with Crippen LogP contribution in [-0.4, -0.2) is 44.1 Å². The molecular weight excluding hydrogens is 462 g/mol. The summed E-state index contributed by atoms with van der Waals surface area (Å²) < 4.78 is 42.2. The number of hydrogen-bond donors (Lipinski definition) is 1. The number of hydrogen-bond acceptors (Lipinski definition) is 5. The van der Waals surface area contributed by atoms with Crippen molar-refractivity contribution in [2.24, 2.45) is 0 Å². The summed E-state index contributed by atoms with van der Waals surface area (Å²) in [5, 5.41) is 0. The third-order valence-corrected chi connectivity index (χ3v) is 7.52. The second-order valence-electron chi connectivity index (χ2n) is 9.37. The van der Waals surface area contributed by atoms with Crippen molar-refractivity contribution in [2.75, 3.05) is 26.2 Å². The summed E-state index contributed by atoms with van der Waals surface area (Å²) in [5.41, 5.74) is 4.66. The molecule has 1 aliphatic heterocycles. The van der Waals surface area contributed by atoms with Crippen LogP contribution in [0.5, 0.6) is 11.5 Å². The Balaban J connectivity index is 1.40. The minimum atomic E-state index is -4.56. The fraction of sp³-hybridized carbons (Fsp3) is 0.357. The molecule has 3 aromatic rings. The number of fused-ring (bicyclic) bond motifs is 1. The monoisotopic (exact) mass is 493 g/mol. The van der Waals surface area contributed by atoms with Gasteiger partial charge in [0.2, 0.25) is 0 Å². The predicted molar refractivity (Wildman–Crippen MR) is 136 cm³/mol. The van der Waals surface area contributed by atoms with Gasteiger partial charge < -0.3 is 8.92 Å². The van der Waals surface area contributed by atoms with E-state index < -0.39 is 10.4 Å². The van der Waals surface area contributed by atoms with Crippen molar-refractivity contribution >= 4 is 10.4 Å². The lowest BCUT2D eigenvalue weighted by Gasteiger charge is -2.35. The van der Waals surface area contributed by atoms with Crippen LogP contribution in [0.15, 0.2) is 72.8 Å². The first-order valence-corrected chi connectivity index (χ1v) is 13.6. The first kappa shape index (κ1) is 23.9. The largest absolute Gasteiger partial charge is 0.492 e. The maximum atomic E-state index is 11.2. The van der Waals surface area contributed by atoms with Gasteiger partial charge in [-0.1, -0.05) is 48.5 Å². The van der Waals surface area contributed by atoms with Crippen LogP contribution >= 0.6 is 0 Å². The van der Waals surface area contributed by atoms with Gasteiger partial charge in [-0.15, -0.1) is 0 Å². The van der Waals surface area contributed by atoms with Gasteiger partial charge in [-0.3, -0.25) is 9.45 Å². The Morgan fingerprint density at radius 2 is 1.60 bits per heavy atom. The van der Waals surface area contributed by atoms with Crippen molar-refractivity contribution in [3.05, 3.63) is 95.1 Å². The van der Waals surface area contributed by atoms with E-state index >= 15 is 0 Å². The normalized spacial score (nSPS) is 20.4. The molecule has 184 valence electrons. The Bertz CT molecular complexity index is 1240. The predicted octanol–water partition coefficient (Wildman–Crippen LogP) is 5.20. The molecule has 0 saturated carbocycles. The van der Waals surface area contributed by atoms with Gasteiger partial charge in [-0.25, -0.2) is 0 Å². The highest BCUT2D eigenvalue weighted by atomic mass is 32.3. The standard InChI is InChI=1S/C28H31NO5S/c30-35(31,32)34-25-13-15-27-23(20-25)10-14-26(21-6-2-1-3-7-21)28(27)22-8-11-24(12-9-22)33-19-18-29-16-4-5-17-29/h1-3,6-9,11-13,15,20,26,28H,4-5,10,14,16-19H2,(H,30,31,32)/t26-,28-/m0/s1. The smallest absolute Gasteiger partial charge is 0.446 e. The fourth-order valence-corrected chi connectivity index (χ4v) is 5.86. The van der Waals surface area contributed by atoms with Crippen LogP contribution in [0.3, 0.4) is 0 Å². The van der Waals surface area contributed by atoms with E-state index in [1.807, 2.05) is 24.3 Å². The minimum Gasteiger partial charge on any atom is -0.492 e. The van der Waals surface area contributed by atoms with Crippen molar-refractivity contribution in [2.45, 2.75) is 37.5 Å². The molecule has 6 nitrogen and oxygen atoms in total. The third kappa shape index (κ3) is 5.86.